The second kappa shape index (κ2) is 8.37. The lowest BCUT2D eigenvalue weighted by Gasteiger charge is -2.16. The van der Waals surface area contributed by atoms with E-state index < -0.39 is 18.5 Å². The minimum atomic E-state index is -0.547. The smallest absolute Gasteiger partial charge is 0.339 e. The number of anilines is 1. The number of nitrogens with one attached hydrogen (secondary N) is 1. The fourth-order valence-corrected chi connectivity index (χ4v) is 3.74. The highest BCUT2D eigenvalue weighted by Gasteiger charge is 2.24. The van der Waals surface area contributed by atoms with Gasteiger partial charge in [-0.2, -0.15) is 16.6 Å². The molecule has 8 heteroatoms. The summed E-state index contributed by atoms with van der Waals surface area (Å²) >= 11 is 1.38. The van der Waals surface area contributed by atoms with Crippen molar-refractivity contribution in [2.75, 3.05) is 18.5 Å². The van der Waals surface area contributed by atoms with Gasteiger partial charge in [0.2, 0.25) is 0 Å². The van der Waals surface area contributed by atoms with Gasteiger partial charge in [0, 0.05) is 17.7 Å². The second-order valence-corrected chi connectivity index (χ2v) is 7.21. The molecule has 1 aliphatic rings. The summed E-state index contributed by atoms with van der Waals surface area (Å²) in [6.07, 6.45) is 2.02. The van der Waals surface area contributed by atoms with Crippen molar-refractivity contribution >= 4 is 29.0 Å². The van der Waals surface area contributed by atoms with Crippen molar-refractivity contribution in [3.63, 3.8) is 0 Å². The maximum Gasteiger partial charge on any atom is 0.339 e. The fourth-order valence-electron chi connectivity index (χ4n) is 3.11. The van der Waals surface area contributed by atoms with Gasteiger partial charge in [0.15, 0.2) is 6.61 Å². The van der Waals surface area contributed by atoms with Crippen LogP contribution in [0.5, 0.6) is 0 Å². The van der Waals surface area contributed by atoms with Crippen LogP contribution >= 0.6 is 11.3 Å². The Kier molecular flexibility index (Phi) is 5.94. The highest BCUT2D eigenvalue weighted by Crippen LogP contribution is 2.28. The Morgan fingerprint density at radius 1 is 1.48 bits per heavy atom. The third kappa shape index (κ3) is 4.21. The predicted octanol–water partition coefficient (Wildman–Crippen LogP) is 3.01. The second-order valence-electron chi connectivity index (χ2n) is 6.43. The van der Waals surface area contributed by atoms with Crippen LogP contribution in [-0.2, 0) is 20.8 Å². The first kappa shape index (κ1) is 19.1. The number of nitrogens with zero attached hydrogens (tertiary/aromatic N) is 2. The molecule has 1 atom stereocenters. The molecule has 7 nitrogen and oxygen atoms in total. The van der Waals surface area contributed by atoms with Crippen molar-refractivity contribution in [2.45, 2.75) is 39.3 Å². The average molecular weight is 387 g/mol. The Bertz CT molecular complexity index is 874. The average Bonchev–Trinajstić information content (AvgIpc) is 3.40. The first-order valence-electron chi connectivity index (χ1n) is 8.71. The molecule has 2 aromatic rings. The molecule has 27 heavy (non-hydrogen) atoms. The summed E-state index contributed by atoms with van der Waals surface area (Å²) in [5, 5.41) is 15.7. The number of thiophene rings is 1. The summed E-state index contributed by atoms with van der Waals surface area (Å²) in [4.78, 5) is 24.2. The van der Waals surface area contributed by atoms with Crippen molar-refractivity contribution in [3.05, 3.63) is 39.2 Å². The van der Waals surface area contributed by atoms with Crippen molar-refractivity contribution in [2.24, 2.45) is 0 Å². The Morgan fingerprint density at radius 3 is 2.93 bits per heavy atom. The van der Waals surface area contributed by atoms with E-state index >= 15 is 0 Å². The molecule has 2 aromatic heterocycles. The van der Waals surface area contributed by atoms with E-state index in [9.17, 15) is 14.9 Å². The van der Waals surface area contributed by atoms with E-state index in [-0.39, 0.29) is 6.10 Å². The van der Waals surface area contributed by atoms with Crippen LogP contribution in [0.2, 0.25) is 0 Å². The lowest BCUT2D eigenvalue weighted by molar-refractivity contribution is -0.119. The highest BCUT2D eigenvalue weighted by molar-refractivity contribution is 7.08. The highest BCUT2D eigenvalue weighted by atomic mass is 32.1. The van der Waals surface area contributed by atoms with Crippen molar-refractivity contribution < 1.29 is 19.1 Å². The largest absolute Gasteiger partial charge is 0.452 e. The zero-order valence-corrected chi connectivity index (χ0v) is 16.1. The van der Waals surface area contributed by atoms with Crippen LogP contribution in [0.4, 0.5) is 5.82 Å². The molecule has 1 N–H and O–H groups in total. The minimum Gasteiger partial charge on any atom is -0.452 e. The molecule has 1 amide bonds. The maximum atomic E-state index is 12.3. The van der Waals surface area contributed by atoms with Gasteiger partial charge in [0.05, 0.1) is 23.8 Å². The van der Waals surface area contributed by atoms with Crippen LogP contribution in [0.1, 0.15) is 40.0 Å². The maximum absolute atomic E-state index is 12.3. The van der Waals surface area contributed by atoms with Gasteiger partial charge in [-0.1, -0.05) is 0 Å². The van der Waals surface area contributed by atoms with Gasteiger partial charge in [-0.25, -0.2) is 4.79 Å². The van der Waals surface area contributed by atoms with Gasteiger partial charge in [0.25, 0.3) is 5.91 Å². The fraction of sp³-hybridized carbons (Fsp3) is 0.421. The summed E-state index contributed by atoms with van der Waals surface area (Å²) in [7, 11) is 0. The van der Waals surface area contributed by atoms with Gasteiger partial charge < -0.3 is 19.4 Å². The number of ether oxygens (including phenoxy) is 2. The minimum absolute atomic E-state index is 0.0640. The summed E-state index contributed by atoms with van der Waals surface area (Å²) < 4.78 is 12.6. The molecule has 0 bridgehead atoms. The lowest BCUT2D eigenvalue weighted by atomic mass is 10.2. The number of hydrogen-bond acceptors (Lipinski definition) is 6. The van der Waals surface area contributed by atoms with Gasteiger partial charge in [0.1, 0.15) is 11.9 Å². The van der Waals surface area contributed by atoms with Crippen molar-refractivity contribution in [1.82, 2.24) is 4.57 Å². The zero-order chi connectivity index (χ0) is 19.4. The van der Waals surface area contributed by atoms with Crippen molar-refractivity contribution in [3.8, 4) is 6.07 Å². The summed E-state index contributed by atoms with van der Waals surface area (Å²) in [6.45, 7) is 4.65. The molecule has 3 rings (SSSR count). The van der Waals surface area contributed by atoms with Crippen LogP contribution in [0.25, 0.3) is 0 Å². The quantitative estimate of drug-likeness (QED) is 0.769. The van der Waals surface area contributed by atoms with E-state index in [1.165, 1.54) is 11.3 Å². The van der Waals surface area contributed by atoms with E-state index in [2.05, 4.69) is 11.4 Å². The number of hydrogen-bond donors (Lipinski definition) is 1. The number of esters is 1. The van der Waals surface area contributed by atoms with Crippen LogP contribution < -0.4 is 5.32 Å². The first-order chi connectivity index (χ1) is 13.0. The van der Waals surface area contributed by atoms with E-state index in [4.69, 9.17) is 9.47 Å². The van der Waals surface area contributed by atoms with E-state index in [0.717, 1.165) is 30.7 Å². The summed E-state index contributed by atoms with van der Waals surface area (Å²) in [5.41, 5.74) is 2.57. The molecule has 1 saturated heterocycles. The molecule has 0 aliphatic carbocycles. The van der Waals surface area contributed by atoms with Gasteiger partial charge in [-0.3, -0.25) is 4.79 Å². The van der Waals surface area contributed by atoms with E-state index in [1.54, 1.807) is 16.8 Å². The van der Waals surface area contributed by atoms with Gasteiger partial charge in [-0.15, -0.1) is 0 Å². The first-order valence-corrected chi connectivity index (χ1v) is 9.66. The molecule has 1 fully saturated rings. The molecule has 0 radical (unpaired) electrons. The monoisotopic (exact) mass is 387 g/mol. The van der Waals surface area contributed by atoms with Crippen LogP contribution in [-0.4, -0.2) is 35.8 Å². The Labute approximate surface area is 161 Å². The molecular formula is C19H21N3O4S. The van der Waals surface area contributed by atoms with Crippen LogP contribution in [0.15, 0.2) is 16.8 Å². The molecule has 0 unspecified atom stereocenters. The Morgan fingerprint density at radius 2 is 2.30 bits per heavy atom. The molecular weight excluding hydrogens is 366 g/mol. The van der Waals surface area contributed by atoms with Crippen LogP contribution in [0.3, 0.4) is 0 Å². The molecule has 142 valence electrons. The number of nitriles is 1. The molecule has 3 heterocycles. The Balaban J connectivity index is 1.72. The zero-order valence-electron chi connectivity index (χ0n) is 15.3. The number of aromatic nitrogens is 1. The van der Waals surface area contributed by atoms with E-state index in [0.29, 0.717) is 23.5 Å². The molecule has 0 spiro atoms. The number of carbonyl (C=O) groups is 2. The number of amides is 1. The van der Waals surface area contributed by atoms with Crippen molar-refractivity contribution in [1.29, 1.82) is 5.26 Å². The third-order valence-electron chi connectivity index (χ3n) is 4.70. The van der Waals surface area contributed by atoms with Gasteiger partial charge >= 0.3 is 5.97 Å². The number of carbonyl (C=O) groups excluding carboxylic acids is 2. The number of rotatable bonds is 6. The Hall–Kier alpha value is -2.63. The standard InChI is InChI=1S/C19H21N3O4S/c1-12-13(2)22(9-15-4-3-6-25-15)18(16(12)8-20)21-17(23)10-26-19(24)14-5-7-27-11-14/h5,7,11,15H,3-4,6,9-10H2,1-2H3,(H,21,23)/t15-/m0/s1. The summed E-state index contributed by atoms with van der Waals surface area (Å²) in [5.74, 6) is -0.602. The SMILES string of the molecule is Cc1c(C#N)c(NC(=O)COC(=O)c2ccsc2)n(C[C@@H]2CCCO2)c1C. The van der Waals surface area contributed by atoms with E-state index in [1.807, 2.05) is 18.4 Å². The molecule has 1 aliphatic heterocycles. The predicted molar refractivity (Wildman–Crippen MR) is 101 cm³/mol. The van der Waals surface area contributed by atoms with Crippen LogP contribution in [0, 0.1) is 25.2 Å². The molecule has 0 aromatic carbocycles. The van der Waals surface area contributed by atoms with Gasteiger partial charge in [-0.05, 0) is 43.7 Å². The summed E-state index contributed by atoms with van der Waals surface area (Å²) in [6, 6.07) is 3.80. The topological polar surface area (TPSA) is 93.4 Å². The molecule has 0 saturated carbocycles. The normalized spacial score (nSPS) is 16.1. The third-order valence-corrected chi connectivity index (χ3v) is 5.38. The lowest BCUT2D eigenvalue weighted by Crippen LogP contribution is -2.24.